The van der Waals surface area contributed by atoms with Crippen LogP contribution in [-0.4, -0.2) is 24.7 Å². The van der Waals surface area contributed by atoms with Gasteiger partial charge in [-0.25, -0.2) is 4.98 Å². The van der Waals surface area contributed by atoms with Crippen LogP contribution in [0.2, 0.25) is 0 Å². The molecule has 0 aliphatic carbocycles. The zero-order chi connectivity index (χ0) is 13.6. The van der Waals surface area contributed by atoms with Crippen LogP contribution in [0.4, 0.5) is 4.39 Å². The molecule has 8 heteroatoms. The molecule has 0 unspecified atom stereocenters. The minimum Gasteiger partial charge on any atom is -0.340 e. The molecule has 3 aromatic heterocycles. The number of aromatic nitrogens is 5. The van der Waals surface area contributed by atoms with Crippen LogP contribution < -0.4 is 0 Å². The fourth-order valence-electron chi connectivity index (χ4n) is 1.75. The Hall–Kier alpha value is -1.24. The summed E-state index contributed by atoms with van der Waals surface area (Å²) in [6.45, 7) is 5.79. The Labute approximate surface area is 132 Å². The number of hydrogen-bond acceptors (Lipinski definition) is 5. The minimum atomic E-state index is -0.753. The minimum absolute atomic E-state index is 0. The van der Waals surface area contributed by atoms with Gasteiger partial charge in [0.25, 0.3) is 0 Å². The van der Waals surface area contributed by atoms with Crippen LogP contribution in [0.25, 0.3) is 21.7 Å². The molecular formula is C12H11FIrN5S-. The Kier molecular flexibility index (Phi) is 3.99. The van der Waals surface area contributed by atoms with Crippen molar-refractivity contribution in [1.29, 1.82) is 0 Å². The molecule has 0 amide bonds. The standard InChI is InChI=1S/C12H11FN5S.Ir/c1-12(2,3)18-9(16-11(13)17-18)7-4-8-10(14-5-7)19-6-15-8;/h4,6H,1-3H3;/q-1;. The smallest absolute Gasteiger partial charge is 0.317 e. The molecule has 20 heavy (non-hydrogen) atoms. The third kappa shape index (κ3) is 2.63. The second kappa shape index (κ2) is 5.27. The maximum Gasteiger partial charge on any atom is 0.317 e. The van der Waals surface area contributed by atoms with Crippen molar-refractivity contribution < 1.29 is 24.5 Å². The normalized spacial score (nSPS) is 11.6. The van der Waals surface area contributed by atoms with Crippen LogP contribution in [0.5, 0.6) is 0 Å². The molecule has 0 fully saturated rings. The number of rotatable bonds is 1. The van der Waals surface area contributed by atoms with Gasteiger partial charge in [-0.15, -0.1) is 11.2 Å². The van der Waals surface area contributed by atoms with E-state index in [4.69, 9.17) is 0 Å². The van der Waals surface area contributed by atoms with E-state index in [1.165, 1.54) is 16.0 Å². The molecule has 0 N–H and O–H groups in total. The summed E-state index contributed by atoms with van der Waals surface area (Å²) < 4.78 is 14.9. The van der Waals surface area contributed by atoms with Crippen LogP contribution in [0, 0.1) is 12.3 Å². The number of hydrogen-bond donors (Lipinski definition) is 0. The maximum absolute atomic E-state index is 13.4. The second-order valence-corrected chi connectivity index (χ2v) is 5.94. The van der Waals surface area contributed by atoms with E-state index in [9.17, 15) is 4.39 Å². The Bertz CT molecular complexity index is 746. The first-order chi connectivity index (χ1) is 8.95. The van der Waals surface area contributed by atoms with Gasteiger partial charge < -0.3 is 4.98 Å². The molecule has 0 saturated heterocycles. The van der Waals surface area contributed by atoms with Crippen LogP contribution in [0.15, 0.2) is 11.6 Å². The zero-order valence-electron chi connectivity index (χ0n) is 11.0. The first kappa shape index (κ1) is 15.2. The van der Waals surface area contributed by atoms with E-state index in [0.717, 1.165) is 10.3 Å². The number of halogens is 1. The fraction of sp³-hybridized carbons (Fsp3) is 0.333. The summed E-state index contributed by atoms with van der Waals surface area (Å²) in [5, 5.41) is 3.80. The first-order valence-electron chi connectivity index (χ1n) is 5.70. The molecule has 3 rings (SSSR count). The second-order valence-electron chi connectivity index (χ2n) is 5.11. The average molecular weight is 469 g/mol. The number of nitrogens with zero attached hydrogens (tertiary/aromatic N) is 5. The number of fused-ring (bicyclic) bond motifs is 1. The summed E-state index contributed by atoms with van der Waals surface area (Å²) in [4.78, 5) is 13.0. The van der Waals surface area contributed by atoms with Gasteiger partial charge in [-0.2, -0.15) is 15.7 Å². The third-order valence-corrected chi connectivity index (χ3v) is 3.33. The van der Waals surface area contributed by atoms with Crippen LogP contribution in [0.3, 0.4) is 0 Å². The molecule has 0 aromatic carbocycles. The van der Waals surface area contributed by atoms with Crippen molar-refractivity contribution in [2.75, 3.05) is 0 Å². The van der Waals surface area contributed by atoms with Crippen molar-refractivity contribution in [3.05, 3.63) is 23.9 Å². The number of pyridine rings is 1. The van der Waals surface area contributed by atoms with Crippen molar-refractivity contribution >= 4 is 21.7 Å². The van der Waals surface area contributed by atoms with Crippen molar-refractivity contribution in [3.8, 4) is 11.4 Å². The van der Waals surface area contributed by atoms with Crippen LogP contribution in [-0.2, 0) is 25.6 Å². The van der Waals surface area contributed by atoms with Gasteiger partial charge >= 0.3 is 6.08 Å². The Balaban J connectivity index is 0.00000147. The molecule has 5 nitrogen and oxygen atoms in total. The van der Waals surface area contributed by atoms with Gasteiger partial charge in [0.1, 0.15) is 0 Å². The van der Waals surface area contributed by atoms with E-state index in [-0.39, 0.29) is 25.6 Å². The van der Waals surface area contributed by atoms with E-state index in [1.54, 1.807) is 11.6 Å². The van der Waals surface area contributed by atoms with E-state index < -0.39 is 6.08 Å². The van der Waals surface area contributed by atoms with Crippen molar-refractivity contribution in [3.63, 3.8) is 0 Å². The summed E-state index contributed by atoms with van der Waals surface area (Å²) in [5.74, 6) is 0.410. The molecule has 3 aromatic rings. The van der Waals surface area contributed by atoms with Crippen molar-refractivity contribution in [1.82, 2.24) is 24.7 Å². The van der Waals surface area contributed by atoms with Gasteiger partial charge in [-0.1, -0.05) is 5.56 Å². The largest absolute Gasteiger partial charge is 0.340 e. The van der Waals surface area contributed by atoms with Gasteiger partial charge in [-0.05, 0) is 27.0 Å². The van der Waals surface area contributed by atoms with Gasteiger partial charge in [-0.3, -0.25) is 9.67 Å². The summed E-state index contributed by atoms with van der Waals surface area (Å²) in [5.41, 5.74) is 2.68. The Morgan fingerprint density at radius 3 is 2.80 bits per heavy atom. The molecule has 3 heterocycles. The maximum atomic E-state index is 13.4. The van der Waals surface area contributed by atoms with Gasteiger partial charge in [0.05, 0.1) is 16.2 Å². The van der Waals surface area contributed by atoms with E-state index >= 15 is 0 Å². The fourth-order valence-corrected chi connectivity index (χ4v) is 2.35. The molecule has 107 valence electrons. The van der Waals surface area contributed by atoms with E-state index in [1.807, 2.05) is 20.8 Å². The predicted molar refractivity (Wildman–Crippen MR) is 70.2 cm³/mol. The van der Waals surface area contributed by atoms with E-state index in [2.05, 4.69) is 26.2 Å². The first-order valence-corrected chi connectivity index (χ1v) is 6.58. The molecule has 0 bridgehead atoms. The monoisotopic (exact) mass is 469 g/mol. The van der Waals surface area contributed by atoms with Crippen LogP contribution >= 0.6 is 11.3 Å². The molecule has 0 saturated carbocycles. The predicted octanol–water partition coefficient (Wildman–Crippen LogP) is 2.64. The quantitative estimate of drug-likeness (QED) is 0.516. The Morgan fingerprint density at radius 2 is 2.10 bits per heavy atom. The Morgan fingerprint density at radius 1 is 1.35 bits per heavy atom. The summed E-state index contributed by atoms with van der Waals surface area (Å²) in [7, 11) is 0. The molecule has 0 aliphatic heterocycles. The zero-order valence-corrected chi connectivity index (χ0v) is 14.2. The third-order valence-electron chi connectivity index (χ3n) is 2.59. The van der Waals surface area contributed by atoms with Crippen LogP contribution in [0.1, 0.15) is 20.8 Å². The summed E-state index contributed by atoms with van der Waals surface area (Å²) in [6, 6.07) is 1.80. The SMILES string of the molecule is CC(C)(C)n1nc(F)nc1-c1[c-]nc2scnc2c1.[Ir]. The number of thiazole rings is 1. The molecule has 0 atom stereocenters. The van der Waals surface area contributed by atoms with Crippen molar-refractivity contribution in [2.45, 2.75) is 26.3 Å². The van der Waals surface area contributed by atoms with Gasteiger partial charge in [0, 0.05) is 31.2 Å². The molecule has 0 spiro atoms. The van der Waals surface area contributed by atoms with Gasteiger partial charge in [0.2, 0.25) is 0 Å². The summed E-state index contributed by atoms with van der Waals surface area (Å²) in [6.07, 6.45) is 2.12. The van der Waals surface area contributed by atoms with Gasteiger partial charge in [0.15, 0.2) is 0 Å². The van der Waals surface area contributed by atoms with Crippen molar-refractivity contribution in [2.24, 2.45) is 0 Å². The van der Waals surface area contributed by atoms with E-state index in [0.29, 0.717) is 11.4 Å². The molecular weight excluding hydrogens is 457 g/mol. The topological polar surface area (TPSA) is 56.5 Å². The molecule has 1 radical (unpaired) electrons. The average Bonchev–Trinajstić information content (AvgIpc) is 2.92. The summed E-state index contributed by atoms with van der Waals surface area (Å²) >= 11 is 1.44. The molecule has 0 aliphatic rings.